The van der Waals surface area contributed by atoms with E-state index in [2.05, 4.69) is 5.32 Å². The van der Waals surface area contributed by atoms with Crippen LogP contribution in [0.25, 0.3) is 0 Å². The third-order valence-electron chi connectivity index (χ3n) is 3.43. The zero-order valence-corrected chi connectivity index (χ0v) is 17.9. The number of carbonyl (C=O) groups excluding carboxylic acids is 2. The van der Waals surface area contributed by atoms with Crippen LogP contribution in [0.5, 0.6) is 0 Å². The van der Waals surface area contributed by atoms with Crippen molar-refractivity contribution in [3.8, 4) is 0 Å². The van der Waals surface area contributed by atoms with Gasteiger partial charge in [-0.05, 0) is 13.3 Å². The Bertz CT molecular complexity index is 682. The Hall–Kier alpha value is -0.820. The lowest BCUT2D eigenvalue weighted by Gasteiger charge is -2.25. The first kappa shape index (κ1) is 24.2. The van der Waals surface area contributed by atoms with E-state index in [1.807, 2.05) is 0 Å². The molecule has 1 aromatic rings. The Balaban J connectivity index is 2.93. The van der Waals surface area contributed by atoms with E-state index >= 15 is 0 Å². The number of halogens is 3. The van der Waals surface area contributed by atoms with E-state index < -0.39 is 48.2 Å². The predicted molar refractivity (Wildman–Crippen MR) is 105 cm³/mol. The minimum Gasteiger partial charge on any atom is -0.445 e. The van der Waals surface area contributed by atoms with Gasteiger partial charge in [0.05, 0.1) is 6.10 Å². The standard InChI is InChI=1S/C16H21Cl3NO6P/c1-3-11(2)26-27(23,24)14(20-15(22)25-10-16(17,18)19)9-13(21)12-7-5-4-6-8-12/h4-8,11,14H,3,9-10H2,1-2H3,(H,20,22)(H,23,24). The van der Waals surface area contributed by atoms with Gasteiger partial charge in [0.25, 0.3) is 0 Å². The van der Waals surface area contributed by atoms with Gasteiger partial charge in [-0.1, -0.05) is 72.1 Å². The summed E-state index contributed by atoms with van der Waals surface area (Å²) >= 11 is 16.5. The van der Waals surface area contributed by atoms with Crippen molar-refractivity contribution in [2.75, 3.05) is 6.61 Å². The zero-order valence-electron chi connectivity index (χ0n) is 14.7. The summed E-state index contributed by atoms with van der Waals surface area (Å²) < 4.78 is 20.6. The lowest BCUT2D eigenvalue weighted by molar-refractivity contribution is 0.0963. The Morgan fingerprint density at radius 3 is 2.37 bits per heavy atom. The van der Waals surface area contributed by atoms with E-state index in [1.165, 1.54) is 0 Å². The molecule has 7 nitrogen and oxygen atoms in total. The monoisotopic (exact) mass is 459 g/mol. The summed E-state index contributed by atoms with van der Waals surface area (Å²) in [5.41, 5.74) is 0.322. The first-order valence-electron chi connectivity index (χ1n) is 8.03. The van der Waals surface area contributed by atoms with Crippen LogP contribution in [0.2, 0.25) is 0 Å². The van der Waals surface area contributed by atoms with Crippen molar-refractivity contribution in [3.05, 3.63) is 35.9 Å². The maximum Gasteiger partial charge on any atom is 0.408 e. The molecule has 0 heterocycles. The van der Waals surface area contributed by atoms with E-state index in [-0.39, 0.29) is 0 Å². The molecule has 1 aromatic carbocycles. The molecule has 0 aliphatic carbocycles. The maximum atomic E-state index is 12.6. The van der Waals surface area contributed by atoms with Crippen molar-refractivity contribution in [3.63, 3.8) is 0 Å². The highest BCUT2D eigenvalue weighted by Gasteiger charge is 2.38. The van der Waals surface area contributed by atoms with Crippen molar-refractivity contribution in [1.82, 2.24) is 5.32 Å². The predicted octanol–water partition coefficient (Wildman–Crippen LogP) is 4.68. The van der Waals surface area contributed by atoms with E-state index in [4.69, 9.17) is 44.1 Å². The molecule has 0 aromatic heterocycles. The van der Waals surface area contributed by atoms with E-state index in [9.17, 15) is 19.0 Å². The number of nitrogens with one attached hydrogen (secondary N) is 1. The van der Waals surface area contributed by atoms with Gasteiger partial charge in [0.2, 0.25) is 3.79 Å². The first-order chi connectivity index (χ1) is 12.4. The summed E-state index contributed by atoms with van der Waals surface area (Å²) in [7, 11) is -4.40. The number of hydrogen-bond donors (Lipinski definition) is 2. The van der Waals surface area contributed by atoms with Crippen LogP contribution < -0.4 is 5.32 Å². The molecule has 0 aliphatic rings. The number of amides is 1. The summed E-state index contributed by atoms with van der Waals surface area (Å²) in [5, 5.41) is 2.16. The minimum absolute atomic E-state index is 0.322. The number of benzene rings is 1. The second-order valence-electron chi connectivity index (χ2n) is 5.73. The second kappa shape index (κ2) is 10.6. The van der Waals surface area contributed by atoms with E-state index in [1.54, 1.807) is 44.2 Å². The molecular weight excluding hydrogens is 440 g/mol. The van der Waals surface area contributed by atoms with Crippen molar-refractivity contribution >= 4 is 54.3 Å². The maximum absolute atomic E-state index is 12.6. The normalized spacial score (nSPS) is 16.1. The third-order valence-corrected chi connectivity index (χ3v) is 5.51. The van der Waals surface area contributed by atoms with Gasteiger partial charge < -0.3 is 19.5 Å². The molecule has 0 saturated heterocycles. The van der Waals surface area contributed by atoms with E-state index in [0.717, 1.165) is 0 Å². The molecule has 0 fully saturated rings. The highest BCUT2D eigenvalue weighted by atomic mass is 35.6. The summed E-state index contributed by atoms with van der Waals surface area (Å²) in [4.78, 5) is 34.6. The van der Waals surface area contributed by atoms with Crippen LogP contribution >= 0.6 is 42.4 Å². The molecule has 0 spiro atoms. The topological polar surface area (TPSA) is 102 Å². The van der Waals surface area contributed by atoms with Crippen molar-refractivity contribution in [2.45, 2.75) is 42.4 Å². The highest BCUT2D eigenvalue weighted by Crippen LogP contribution is 2.49. The van der Waals surface area contributed by atoms with Crippen molar-refractivity contribution < 1.29 is 28.3 Å². The molecule has 0 bridgehead atoms. The van der Waals surface area contributed by atoms with Gasteiger partial charge in [0.1, 0.15) is 12.4 Å². The summed E-state index contributed by atoms with van der Waals surface area (Å²) in [6.07, 6.45) is -1.69. The Morgan fingerprint density at radius 2 is 1.85 bits per heavy atom. The quantitative estimate of drug-likeness (QED) is 0.315. The van der Waals surface area contributed by atoms with Gasteiger partial charge in [0.15, 0.2) is 5.78 Å². The van der Waals surface area contributed by atoms with Crippen LogP contribution in [-0.2, 0) is 13.8 Å². The van der Waals surface area contributed by atoms with Crippen LogP contribution in [0, 0.1) is 0 Å². The molecule has 0 aliphatic heterocycles. The van der Waals surface area contributed by atoms with Crippen molar-refractivity contribution in [2.24, 2.45) is 0 Å². The average Bonchev–Trinajstić information content (AvgIpc) is 2.59. The number of carbonyl (C=O) groups is 2. The second-order valence-corrected chi connectivity index (χ2v) is 10.2. The van der Waals surface area contributed by atoms with Crippen molar-refractivity contribution in [1.29, 1.82) is 0 Å². The summed E-state index contributed by atoms with van der Waals surface area (Å²) in [5.74, 6) is -1.98. The number of alkyl carbamates (subject to hydrolysis) is 1. The van der Waals surface area contributed by atoms with Crippen LogP contribution in [0.4, 0.5) is 4.79 Å². The van der Waals surface area contributed by atoms with E-state index in [0.29, 0.717) is 12.0 Å². The van der Waals surface area contributed by atoms with Crippen LogP contribution in [0.1, 0.15) is 37.0 Å². The number of alkyl halides is 3. The number of ketones is 1. The molecule has 1 amide bonds. The number of hydrogen-bond acceptors (Lipinski definition) is 5. The zero-order chi connectivity index (χ0) is 20.7. The fraction of sp³-hybridized carbons (Fsp3) is 0.500. The largest absolute Gasteiger partial charge is 0.445 e. The third kappa shape index (κ3) is 9.28. The summed E-state index contributed by atoms with van der Waals surface area (Å²) in [6, 6.07) is 8.14. The molecule has 3 unspecified atom stereocenters. The number of ether oxygens (including phenoxy) is 1. The van der Waals surface area contributed by atoms with Gasteiger partial charge in [-0.25, -0.2) is 4.79 Å². The van der Waals surface area contributed by atoms with Gasteiger partial charge in [-0.15, -0.1) is 0 Å². The molecule has 27 heavy (non-hydrogen) atoms. The smallest absolute Gasteiger partial charge is 0.408 e. The SMILES string of the molecule is CCC(C)OP(=O)(O)C(CC(=O)c1ccccc1)NC(=O)OCC(Cl)(Cl)Cl. The Kier molecular flexibility index (Phi) is 9.55. The number of rotatable bonds is 9. The van der Waals surface area contributed by atoms with Crippen LogP contribution in [0.15, 0.2) is 30.3 Å². The molecule has 0 radical (unpaired) electrons. The lowest BCUT2D eigenvalue weighted by atomic mass is 10.1. The molecular formula is C16H21Cl3NO6P. The van der Waals surface area contributed by atoms with Gasteiger partial charge >= 0.3 is 13.7 Å². The Morgan fingerprint density at radius 1 is 1.26 bits per heavy atom. The molecule has 3 atom stereocenters. The molecule has 0 saturated carbocycles. The van der Waals surface area contributed by atoms with Gasteiger partial charge in [-0.3, -0.25) is 9.36 Å². The molecule has 152 valence electrons. The molecule has 11 heteroatoms. The van der Waals surface area contributed by atoms with Gasteiger partial charge in [-0.2, -0.15) is 0 Å². The minimum atomic E-state index is -4.40. The van der Waals surface area contributed by atoms with Crippen LogP contribution in [0.3, 0.4) is 0 Å². The number of Topliss-reactive ketones (excluding diaryl/α,β-unsaturated/α-hetero) is 1. The fourth-order valence-electron chi connectivity index (χ4n) is 1.90. The highest BCUT2D eigenvalue weighted by molar-refractivity contribution is 7.53. The lowest BCUT2D eigenvalue weighted by Crippen LogP contribution is -2.38. The average molecular weight is 461 g/mol. The first-order valence-corrected chi connectivity index (χ1v) is 10.8. The summed E-state index contributed by atoms with van der Waals surface area (Å²) in [6.45, 7) is 2.78. The van der Waals surface area contributed by atoms with Crippen LogP contribution in [-0.4, -0.2) is 39.1 Å². The molecule has 1 rings (SSSR count). The van der Waals surface area contributed by atoms with Gasteiger partial charge in [0, 0.05) is 12.0 Å². The fourth-order valence-corrected chi connectivity index (χ4v) is 3.54. The Labute approximate surface area is 172 Å². The molecule has 2 N–H and O–H groups in total.